The van der Waals surface area contributed by atoms with E-state index in [1.54, 1.807) is 0 Å². The topological polar surface area (TPSA) is 9.23 Å². The third kappa shape index (κ3) is 2.22. The molecule has 21 heavy (non-hydrogen) atoms. The van der Waals surface area contributed by atoms with E-state index in [-0.39, 0.29) is 11.2 Å². The summed E-state index contributed by atoms with van der Waals surface area (Å²) >= 11 is 0. The summed E-state index contributed by atoms with van der Waals surface area (Å²) in [5, 5.41) is 0. The van der Waals surface area contributed by atoms with E-state index in [0.717, 1.165) is 18.3 Å². The van der Waals surface area contributed by atoms with Crippen LogP contribution in [0.1, 0.15) is 79.6 Å². The minimum Gasteiger partial charge on any atom is -0.365 e. The molecule has 0 bridgehead atoms. The maximum absolute atomic E-state index is 6.68. The molecule has 2 unspecified atom stereocenters. The second-order valence-electron chi connectivity index (χ2n) is 9.46. The standard InChI is InChI=1S/C20H34O/c1-7-18(4)13-9-16-19(5)12-8-11-17(2,3)15(19)10-14-20(16,6)21-18/h7,15-16H,1,8-14H2,2-6H3/t15?,16?,18-,19-,20-/m0/s1. The van der Waals surface area contributed by atoms with Gasteiger partial charge in [0.2, 0.25) is 0 Å². The molecule has 1 heterocycles. The Balaban J connectivity index is 1.94. The van der Waals surface area contributed by atoms with Gasteiger partial charge in [0.1, 0.15) is 0 Å². The molecule has 0 aromatic heterocycles. The average molecular weight is 290 g/mol. The number of ether oxygens (including phenoxy) is 1. The Morgan fingerprint density at radius 2 is 1.57 bits per heavy atom. The second-order valence-corrected chi connectivity index (χ2v) is 9.46. The molecular formula is C20H34O. The molecule has 3 rings (SSSR count). The zero-order chi connectivity index (χ0) is 15.5. The predicted molar refractivity (Wildman–Crippen MR) is 89.3 cm³/mol. The first kappa shape index (κ1) is 15.6. The van der Waals surface area contributed by atoms with E-state index in [4.69, 9.17) is 4.74 Å². The van der Waals surface area contributed by atoms with E-state index in [1.165, 1.54) is 38.5 Å². The fourth-order valence-electron chi connectivity index (χ4n) is 6.52. The van der Waals surface area contributed by atoms with Gasteiger partial charge in [-0.1, -0.05) is 33.3 Å². The van der Waals surface area contributed by atoms with E-state index in [2.05, 4.69) is 41.2 Å². The summed E-state index contributed by atoms with van der Waals surface area (Å²) in [5.74, 6) is 1.59. The number of hydrogen-bond donors (Lipinski definition) is 0. The summed E-state index contributed by atoms with van der Waals surface area (Å²) in [5.41, 5.74) is 0.920. The first-order chi connectivity index (χ1) is 9.65. The Morgan fingerprint density at radius 3 is 2.24 bits per heavy atom. The summed E-state index contributed by atoms with van der Waals surface area (Å²) in [4.78, 5) is 0. The maximum Gasteiger partial charge on any atom is 0.0839 e. The molecule has 0 aromatic carbocycles. The highest BCUT2D eigenvalue weighted by Crippen LogP contribution is 2.65. The van der Waals surface area contributed by atoms with Gasteiger partial charge in [-0.25, -0.2) is 0 Å². The molecule has 1 aliphatic heterocycles. The van der Waals surface area contributed by atoms with Crippen LogP contribution in [0.15, 0.2) is 12.7 Å². The van der Waals surface area contributed by atoms with Gasteiger partial charge in [-0.15, -0.1) is 6.58 Å². The van der Waals surface area contributed by atoms with Gasteiger partial charge >= 0.3 is 0 Å². The molecule has 1 nitrogen and oxygen atoms in total. The lowest BCUT2D eigenvalue weighted by Gasteiger charge is -2.65. The highest BCUT2D eigenvalue weighted by Gasteiger charge is 2.61. The molecule has 0 aromatic rings. The summed E-state index contributed by atoms with van der Waals surface area (Å²) < 4.78 is 6.68. The van der Waals surface area contributed by atoms with Crippen molar-refractivity contribution in [1.82, 2.24) is 0 Å². The average Bonchev–Trinajstić information content (AvgIpc) is 2.36. The molecule has 0 amide bonds. The Labute approximate surface area is 131 Å². The van der Waals surface area contributed by atoms with E-state index in [0.29, 0.717) is 10.8 Å². The fourth-order valence-corrected chi connectivity index (χ4v) is 6.52. The number of fused-ring (bicyclic) bond motifs is 3. The molecular weight excluding hydrogens is 256 g/mol. The normalized spacial score (nSPS) is 52.6. The fraction of sp³-hybridized carbons (Fsp3) is 0.900. The molecule has 0 N–H and O–H groups in total. The molecule has 120 valence electrons. The Morgan fingerprint density at radius 1 is 0.905 bits per heavy atom. The lowest BCUT2D eigenvalue weighted by Crippen LogP contribution is -2.62. The van der Waals surface area contributed by atoms with Crippen molar-refractivity contribution in [2.45, 2.75) is 90.8 Å². The zero-order valence-electron chi connectivity index (χ0n) is 14.8. The largest absolute Gasteiger partial charge is 0.365 e. The minimum atomic E-state index is -0.112. The minimum absolute atomic E-state index is 0.0554. The second kappa shape index (κ2) is 4.60. The Hall–Kier alpha value is -0.300. The van der Waals surface area contributed by atoms with Crippen molar-refractivity contribution in [2.24, 2.45) is 22.7 Å². The summed E-state index contributed by atoms with van der Waals surface area (Å²) in [6.07, 6.45) is 11.2. The molecule has 2 aliphatic carbocycles. The highest BCUT2D eigenvalue weighted by atomic mass is 16.5. The smallest absolute Gasteiger partial charge is 0.0839 e. The van der Waals surface area contributed by atoms with Crippen molar-refractivity contribution in [1.29, 1.82) is 0 Å². The van der Waals surface area contributed by atoms with Crippen molar-refractivity contribution in [3.8, 4) is 0 Å². The van der Waals surface area contributed by atoms with Crippen LogP contribution in [0.3, 0.4) is 0 Å². The summed E-state index contributed by atoms with van der Waals surface area (Å²) in [6, 6.07) is 0. The van der Waals surface area contributed by atoms with Crippen molar-refractivity contribution >= 4 is 0 Å². The molecule has 3 aliphatic rings. The molecule has 2 saturated carbocycles. The first-order valence-electron chi connectivity index (χ1n) is 8.99. The predicted octanol–water partition coefficient (Wildman–Crippen LogP) is 5.74. The lowest BCUT2D eigenvalue weighted by atomic mass is 9.44. The van der Waals surface area contributed by atoms with Crippen LogP contribution in [0.4, 0.5) is 0 Å². The molecule has 1 heteroatoms. The maximum atomic E-state index is 6.68. The van der Waals surface area contributed by atoms with E-state index < -0.39 is 0 Å². The molecule has 5 atom stereocenters. The number of rotatable bonds is 1. The van der Waals surface area contributed by atoms with Gasteiger partial charge in [-0.2, -0.15) is 0 Å². The summed E-state index contributed by atoms with van der Waals surface area (Å²) in [6.45, 7) is 16.2. The third-order valence-corrected chi connectivity index (χ3v) is 7.57. The van der Waals surface area contributed by atoms with Gasteiger partial charge < -0.3 is 4.74 Å². The van der Waals surface area contributed by atoms with E-state index >= 15 is 0 Å². The van der Waals surface area contributed by atoms with Gasteiger partial charge in [0.25, 0.3) is 0 Å². The SMILES string of the molecule is C=C[C@@]1(C)CCC2[C@@]3(C)CCCC(C)(C)C3CC[C@]2(C)O1. The van der Waals surface area contributed by atoms with Gasteiger partial charge in [0.15, 0.2) is 0 Å². The quantitative estimate of drug-likeness (QED) is 0.559. The van der Waals surface area contributed by atoms with Crippen molar-refractivity contribution in [3.63, 3.8) is 0 Å². The van der Waals surface area contributed by atoms with Crippen LogP contribution in [0, 0.1) is 22.7 Å². The molecule has 0 radical (unpaired) electrons. The molecule has 1 saturated heterocycles. The van der Waals surface area contributed by atoms with Crippen LogP contribution in [0.25, 0.3) is 0 Å². The monoisotopic (exact) mass is 290 g/mol. The Bertz CT molecular complexity index is 439. The van der Waals surface area contributed by atoms with Gasteiger partial charge in [-0.3, -0.25) is 0 Å². The van der Waals surface area contributed by atoms with Crippen LogP contribution >= 0.6 is 0 Å². The van der Waals surface area contributed by atoms with Crippen molar-refractivity contribution < 1.29 is 4.74 Å². The van der Waals surface area contributed by atoms with Crippen LogP contribution in [0.2, 0.25) is 0 Å². The van der Waals surface area contributed by atoms with Crippen LogP contribution in [-0.4, -0.2) is 11.2 Å². The van der Waals surface area contributed by atoms with Crippen LogP contribution in [0.5, 0.6) is 0 Å². The highest BCUT2D eigenvalue weighted by molar-refractivity contribution is 5.12. The molecule has 0 spiro atoms. The van der Waals surface area contributed by atoms with Crippen molar-refractivity contribution in [3.05, 3.63) is 12.7 Å². The van der Waals surface area contributed by atoms with Gasteiger partial charge in [-0.05, 0) is 75.0 Å². The van der Waals surface area contributed by atoms with Gasteiger partial charge in [0, 0.05) is 0 Å². The van der Waals surface area contributed by atoms with E-state index in [9.17, 15) is 0 Å². The van der Waals surface area contributed by atoms with Crippen LogP contribution < -0.4 is 0 Å². The lowest BCUT2D eigenvalue weighted by molar-refractivity contribution is -0.252. The zero-order valence-corrected chi connectivity index (χ0v) is 14.8. The van der Waals surface area contributed by atoms with Crippen molar-refractivity contribution in [2.75, 3.05) is 0 Å². The summed E-state index contributed by atoms with van der Waals surface area (Å²) in [7, 11) is 0. The number of hydrogen-bond acceptors (Lipinski definition) is 1. The first-order valence-corrected chi connectivity index (χ1v) is 8.99. The Kier molecular flexibility index (Phi) is 3.41. The molecule has 3 fully saturated rings. The van der Waals surface area contributed by atoms with E-state index in [1.807, 2.05) is 6.08 Å². The van der Waals surface area contributed by atoms with Gasteiger partial charge in [0.05, 0.1) is 11.2 Å². The third-order valence-electron chi connectivity index (χ3n) is 7.57. The van der Waals surface area contributed by atoms with Crippen LogP contribution in [-0.2, 0) is 4.74 Å².